The van der Waals surface area contributed by atoms with E-state index < -0.39 is 4.92 Å². The molecule has 0 aliphatic carbocycles. The molecule has 1 N–H and O–H groups in total. The fourth-order valence-electron chi connectivity index (χ4n) is 2.18. The topological polar surface area (TPSA) is 64.4 Å². The molecule has 1 unspecified atom stereocenters. The van der Waals surface area contributed by atoms with Crippen molar-refractivity contribution >= 4 is 11.4 Å². The van der Waals surface area contributed by atoms with E-state index in [4.69, 9.17) is 4.74 Å². The molecule has 0 heterocycles. The van der Waals surface area contributed by atoms with E-state index >= 15 is 0 Å². The van der Waals surface area contributed by atoms with Crippen LogP contribution < -0.4 is 5.32 Å². The standard InChI is InChI=1S/C16H18N2O3/c1-12(13-7-4-3-5-8-13)21-11-14-9-6-10-15(18(19)20)16(14)17-2/h3-10,12,17H,11H2,1-2H3. The predicted molar refractivity (Wildman–Crippen MR) is 82.3 cm³/mol. The molecule has 0 bridgehead atoms. The van der Waals surface area contributed by atoms with Gasteiger partial charge in [0.25, 0.3) is 5.69 Å². The summed E-state index contributed by atoms with van der Waals surface area (Å²) in [7, 11) is 1.67. The number of rotatable bonds is 6. The summed E-state index contributed by atoms with van der Waals surface area (Å²) in [6.45, 7) is 2.28. The number of nitro benzene ring substituents is 1. The van der Waals surface area contributed by atoms with Gasteiger partial charge >= 0.3 is 0 Å². The van der Waals surface area contributed by atoms with Crippen molar-refractivity contribution in [3.63, 3.8) is 0 Å². The van der Waals surface area contributed by atoms with Crippen LogP contribution in [-0.2, 0) is 11.3 Å². The summed E-state index contributed by atoms with van der Waals surface area (Å²) in [6, 6.07) is 14.9. The molecule has 5 nitrogen and oxygen atoms in total. The van der Waals surface area contributed by atoms with Gasteiger partial charge in [0.2, 0.25) is 0 Å². The van der Waals surface area contributed by atoms with Crippen LogP contribution in [0.15, 0.2) is 48.5 Å². The van der Waals surface area contributed by atoms with Crippen molar-refractivity contribution < 1.29 is 9.66 Å². The zero-order chi connectivity index (χ0) is 15.2. The lowest BCUT2D eigenvalue weighted by molar-refractivity contribution is -0.384. The Morgan fingerprint density at radius 2 is 1.90 bits per heavy atom. The quantitative estimate of drug-likeness (QED) is 0.646. The molecule has 0 aliphatic rings. The number of nitrogens with zero attached hydrogens (tertiary/aromatic N) is 1. The van der Waals surface area contributed by atoms with E-state index in [0.29, 0.717) is 12.3 Å². The number of nitro groups is 1. The van der Waals surface area contributed by atoms with E-state index in [1.165, 1.54) is 6.07 Å². The second-order valence-corrected chi connectivity index (χ2v) is 4.68. The number of nitrogens with one attached hydrogen (secondary N) is 1. The van der Waals surface area contributed by atoms with Gasteiger partial charge in [0.05, 0.1) is 17.6 Å². The highest BCUT2D eigenvalue weighted by atomic mass is 16.6. The maximum Gasteiger partial charge on any atom is 0.292 e. The molecular weight excluding hydrogens is 268 g/mol. The lowest BCUT2D eigenvalue weighted by Gasteiger charge is -2.15. The van der Waals surface area contributed by atoms with Crippen LogP contribution in [0.25, 0.3) is 0 Å². The number of anilines is 1. The van der Waals surface area contributed by atoms with Gasteiger partial charge in [0.15, 0.2) is 0 Å². The summed E-state index contributed by atoms with van der Waals surface area (Å²) in [6.07, 6.45) is -0.0739. The molecule has 0 saturated heterocycles. The molecule has 0 amide bonds. The van der Waals surface area contributed by atoms with Crippen LogP contribution in [0, 0.1) is 10.1 Å². The van der Waals surface area contributed by atoms with Crippen molar-refractivity contribution in [1.29, 1.82) is 0 Å². The molecule has 0 saturated carbocycles. The first-order valence-corrected chi connectivity index (χ1v) is 6.74. The lowest BCUT2D eigenvalue weighted by atomic mass is 10.1. The third-order valence-corrected chi connectivity index (χ3v) is 3.33. The molecule has 0 spiro atoms. The number of hydrogen-bond donors (Lipinski definition) is 1. The highest BCUT2D eigenvalue weighted by Crippen LogP contribution is 2.29. The molecule has 1 atom stereocenters. The first kappa shape index (κ1) is 15.0. The first-order chi connectivity index (χ1) is 10.1. The second kappa shape index (κ2) is 6.85. The van der Waals surface area contributed by atoms with Crippen LogP contribution >= 0.6 is 0 Å². The van der Waals surface area contributed by atoms with Crippen molar-refractivity contribution in [3.8, 4) is 0 Å². The minimum atomic E-state index is -0.393. The Balaban J connectivity index is 2.13. The summed E-state index contributed by atoms with van der Waals surface area (Å²) in [4.78, 5) is 10.6. The largest absolute Gasteiger partial charge is 0.382 e. The van der Waals surface area contributed by atoms with Crippen LogP contribution in [0.5, 0.6) is 0 Å². The van der Waals surface area contributed by atoms with Crippen molar-refractivity contribution in [3.05, 3.63) is 69.8 Å². The van der Waals surface area contributed by atoms with E-state index in [0.717, 1.165) is 11.1 Å². The smallest absolute Gasteiger partial charge is 0.292 e. The number of benzene rings is 2. The molecule has 21 heavy (non-hydrogen) atoms. The Kier molecular flexibility index (Phi) is 4.90. The molecular formula is C16H18N2O3. The Morgan fingerprint density at radius 1 is 1.19 bits per heavy atom. The average molecular weight is 286 g/mol. The number of hydrogen-bond acceptors (Lipinski definition) is 4. The van der Waals surface area contributed by atoms with Gasteiger partial charge in [-0.1, -0.05) is 42.5 Å². The number of ether oxygens (including phenoxy) is 1. The molecule has 0 aliphatic heterocycles. The Morgan fingerprint density at radius 3 is 2.52 bits per heavy atom. The fourth-order valence-corrected chi connectivity index (χ4v) is 2.18. The fraction of sp³-hybridized carbons (Fsp3) is 0.250. The van der Waals surface area contributed by atoms with Crippen LogP contribution in [0.2, 0.25) is 0 Å². The normalized spacial score (nSPS) is 11.9. The van der Waals surface area contributed by atoms with Gasteiger partial charge in [-0.15, -0.1) is 0 Å². The minimum absolute atomic E-state index is 0.0611. The first-order valence-electron chi connectivity index (χ1n) is 6.74. The van der Waals surface area contributed by atoms with Gasteiger partial charge in [-0.25, -0.2) is 0 Å². The van der Waals surface area contributed by atoms with Crippen molar-refractivity contribution in [2.75, 3.05) is 12.4 Å². The van der Waals surface area contributed by atoms with Crippen LogP contribution in [0.3, 0.4) is 0 Å². The van der Waals surface area contributed by atoms with Crippen LogP contribution in [0.4, 0.5) is 11.4 Å². The highest BCUT2D eigenvalue weighted by Gasteiger charge is 2.16. The maximum atomic E-state index is 11.0. The predicted octanol–water partition coefficient (Wildman–Crippen LogP) is 3.91. The van der Waals surface area contributed by atoms with Gasteiger partial charge in [0.1, 0.15) is 5.69 Å². The average Bonchev–Trinajstić information content (AvgIpc) is 2.52. The Labute approximate surface area is 123 Å². The second-order valence-electron chi connectivity index (χ2n) is 4.68. The summed E-state index contributed by atoms with van der Waals surface area (Å²) in [5.74, 6) is 0. The summed E-state index contributed by atoms with van der Waals surface area (Å²) < 4.78 is 5.83. The molecule has 0 radical (unpaired) electrons. The molecule has 5 heteroatoms. The van der Waals surface area contributed by atoms with Gasteiger partial charge < -0.3 is 10.1 Å². The van der Waals surface area contributed by atoms with Crippen molar-refractivity contribution in [2.24, 2.45) is 0 Å². The lowest BCUT2D eigenvalue weighted by Crippen LogP contribution is -2.05. The molecule has 0 fully saturated rings. The summed E-state index contributed by atoms with van der Waals surface area (Å²) >= 11 is 0. The monoisotopic (exact) mass is 286 g/mol. The van der Waals surface area contributed by atoms with Crippen molar-refractivity contribution in [1.82, 2.24) is 0 Å². The van der Waals surface area contributed by atoms with E-state index in [9.17, 15) is 10.1 Å². The summed E-state index contributed by atoms with van der Waals surface area (Å²) in [5.41, 5.74) is 2.41. The molecule has 2 aromatic rings. The van der Waals surface area contributed by atoms with Gasteiger partial charge in [-0.2, -0.15) is 0 Å². The van der Waals surface area contributed by atoms with Gasteiger partial charge in [-0.3, -0.25) is 10.1 Å². The molecule has 110 valence electrons. The van der Waals surface area contributed by atoms with E-state index in [2.05, 4.69) is 5.32 Å². The van der Waals surface area contributed by atoms with Crippen LogP contribution in [0.1, 0.15) is 24.2 Å². The molecule has 0 aromatic heterocycles. The van der Waals surface area contributed by atoms with Crippen molar-refractivity contribution in [2.45, 2.75) is 19.6 Å². The van der Waals surface area contributed by atoms with Gasteiger partial charge in [0, 0.05) is 18.7 Å². The minimum Gasteiger partial charge on any atom is -0.382 e. The molecule has 2 rings (SSSR count). The highest BCUT2D eigenvalue weighted by molar-refractivity contribution is 5.65. The van der Waals surface area contributed by atoms with E-state index in [1.54, 1.807) is 13.1 Å². The number of para-hydroxylation sites is 1. The zero-order valence-corrected chi connectivity index (χ0v) is 12.1. The summed E-state index contributed by atoms with van der Waals surface area (Å²) in [5, 5.41) is 13.9. The SMILES string of the molecule is CNc1c(COC(C)c2ccccc2)cccc1[N+](=O)[O-]. The Hall–Kier alpha value is -2.40. The van der Waals surface area contributed by atoms with E-state index in [1.807, 2.05) is 43.3 Å². The van der Waals surface area contributed by atoms with E-state index in [-0.39, 0.29) is 11.8 Å². The third kappa shape index (κ3) is 3.58. The maximum absolute atomic E-state index is 11.0. The Bertz CT molecular complexity index is 614. The zero-order valence-electron chi connectivity index (χ0n) is 12.1. The van der Waals surface area contributed by atoms with Crippen LogP contribution in [-0.4, -0.2) is 12.0 Å². The van der Waals surface area contributed by atoms with Gasteiger partial charge in [-0.05, 0) is 12.5 Å². The third-order valence-electron chi connectivity index (χ3n) is 3.33. The molecule has 2 aromatic carbocycles.